The number of anilines is 1. The molecule has 0 saturated heterocycles. The molecule has 1 aromatic heterocycles. The van der Waals surface area contributed by atoms with Crippen LogP contribution in [0.2, 0.25) is 5.02 Å². The first-order valence-electron chi connectivity index (χ1n) is 13.8. The predicted molar refractivity (Wildman–Crippen MR) is 146 cm³/mol. The predicted octanol–water partition coefficient (Wildman–Crippen LogP) is 8.20. The molecule has 2 aliphatic rings. The maximum atomic E-state index is 13.1. The van der Waals surface area contributed by atoms with Crippen LogP contribution >= 0.6 is 11.6 Å². The molecule has 7 heteroatoms. The van der Waals surface area contributed by atoms with Crippen molar-refractivity contribution < 1.29 is 19.2 Å². The lowest BCUT2D eigenvalue weighted by atomic mass is 9.65. The molecule has 2 fully saturated rings. The lowest BCUT2D eigenvalue weighted by Gasteiger charge is -2.39. The topological polar surface area (TPSA) is 92.4 Å². The van der Waals surface area contributed by atoms with Crippen molar-refractivity contribution in [3.63, 3.8) is 0 Å². The molecule has 37 heavy (non-hydrogen) atoms. The molecule has 1 amide bonds. The van der Waals surface area contributed by atoms with E-state index in [2.05, 4.69) is 31.2 Å². The number of benzene rings is 1. The van der Waals surface area contributed by atoms with Crippen LogP contribution in [0.25, 0.3) is 0 Å². The van der Waals surface area contributed by atoms with E-state index in [0.29, 0.717) is 40.3 Å². The maximum absolute atomic E-state index is 13.1. The van der Waals surface area contributed by atoms with E-state index >= 15 is 0 Å². The quantitative estimate of drug-likeness (QED) is 0.273. The number of amides is 1. The van der Waals surface area contributed by atoms with Gasteiger partial charge in [-0.05, 0) is 92.9 Å². The summed E-state index contributed by atoms with van der Waals surface area (Å²) in [6, 6.07) is 5.35. The first-order valence-corrected chi connectivity index (χ1v) is 14.2. The minimum absolute atomic E-state index is 0.0117. The van der Waals surface area contributed by atoms with E-state index < -0.39 is 5.97 Å². The van der Waals surface area contributed by atoms with Crippen LogP contribution in [-0.2, 0) is 9.59 Å². The van der Waals surface area contributed by atoms with Gasteiger partial charge in [0.2, 0.25) is 5.91 Å². The van der Waals surface area contributed by atoms with Gasteiger partial charge in [-0.3, -0.25) is 9.59 Å². The van der Waals surface area contributed by atoms with Crippen LogP contribution in [-0.4, -0.2) is 22.1 Å². The second-order valence-corrected chi connectivity index (χ2v) is 12.6. The van der Waals surface area contributed by atoms with Crippen LogP contribution in [0, 0.1) is 18.3 Å². The molecule has 0 bridgehead atoms. The lowest BCUT2D eigenvalue weighted by Crippen LogP contribution is -2.27. The molecule has 1 heterocycles. The number of aryl methyl sites for hydroxylation is 1. The summed E-state index contributed by atoms with van der Waals surface area (Å²) in [5, 5.41) is 17.5. The average Bonchev–Trinajstić information content (AvgIpc) is 3.54. The van der Waals surface area contributed by atoms with Crippen LogP contribution in [0.15, 0.2) is 22.7 Å². The van der Waals surface area contributed by atoms with Gasteiger partial charge in [-0.1, -0.05) is 43.9 Å². The number of aliphatic carboxylic acids is 1. The Bertz CT molecular complexity index is 1110. The van der Waals surface area contributed by atoms with Crippen molar-refractivity contribution in [2.45, 2.75) is 110 Å². The van der Waals surface area contributed by atoms with Crippen molar-refractivity contribution in [3.8, 4) is 0 Å². The Morgan fingerprint density at radius 1 is 1.24 bits per heavy atom. The molecular weight excluding hydrogens is 488 g/mol. The van der Waals surface area contributed by atoms with Crippen molar-refractivity contribution >= 4 is 29.2 Å². The summed E-state index contributed by atoms with van der Waals surface area (Å²) in [7, 11) is 0. The van der Waals surface area contributed by atoms with Gasteiger partial charge < -0.3 is 14.9 Å². The number of aromatic nitrogens is 1. The number of carbonyl (C=O) groups is 2. The number of hydrogen-bond donors (Lipinski definition) is 2. The highest BCUT2D eigenvalue weighted by molar-refractivity contribution is 6.30. The minimum Gasteiger partial charge on any atom is -0.481 e. The van der Waals surface area contributed by atoms with Crippen LogP contribution < -0.4 is 5.32 Å². The third kappa shape index (κ3) is 7.16. The molecular formula is C30H41ClN2O4. The Hall–Kier alpha value is -2.34. The summed E-state index contributed by atoms with van der Waals surface area (Å²) < 4.78 is 6.00. The van der Waals surface area contributed by atoms with Gasteiger partial charge in [0.05, 0.1) is 5.69 Å². The van der Waals surface area contributed by atoms with E-state index in [1.165, 1.54) is 24.8 Å². The molecule has 1 atom stereocenters. The number of hydrogen-bond acceptors (Lipinski definition) is 4. The summed E-state index contributed by atoms with van der Waals surface area (Å²) in [5.74, 6) is 1.18. The molecule has 6 nitrogen and oxygen atoms in total. The van der Waals surface area contributed by atoms with E-state index in [0.717, 1.165) is 42.7 Å². The molecule has 1 aromatic carbocycles. The number of halogens is 1. The number of carboxylic acid groups (broad SMARTS) is 1. The minimum atomic E-state index is -0.868. The normalized spacial score (nSPS) is 20.4. The van der Waals surface area contributed by atoms with Gasteiger partial charge in [0.15, 0.2) is 0 Å². The van der Waals surface area contributed by atoms with Gasteiger partial charge in [-0.15, -0.1) is 0 Å². The number of nitrogens with one attached hydrogen (secondary N) is 1. The second kappa shape index (κ2) is 11.6. The molecule has 2 aromatic rings. The number of rotatable bonds is 13. The number of carbonyl (C=O) groups excluding carboxylic acids is 1. The Labute approximate surface area is 225 Å². The maximum Gasteiger partial charge on any atom is 0.303 e. The molecule has 1 unspecified atom stereocenters. The fourth-order valence-corrected chi connectivity index (χ4v) is 6.42. The monoisotopic (exact) mass is 528 g/mol. The number of nitrogens with zero attached hydrogens (tertiary/aromatic N) is 1. The van der Waals surface area contributed by atoms with Gasteiger partial charge in [0.1, 0.15) is 5.76 Å². The third-order valence-electron chi connectivity index (χ3n) is 8.13. The smallest absolute Gasteiger partial charge is 0.303 e. The highest BCUT2D eigenvalue weighted by Crippen LogP contribution is 2.54. The van der Waals surface area contributed by atoms with Gasteiger partial charge in [-0.25, -0.2) is 0 Å². The van der Waals surface area contributed by atoms with Crippen molar-refractivity contribution in [2.24, 2.45) is 11.3 Å². The third-order valence-corrected chi connectivity index (χ3v) is 8.37. The summed E-state index contributed by atoms with van der Waals surface area (Å²) in [5.41, 5.74) is 3.93. The van der Waals surface area contributed by atoms with E-state index in [1.807, 2.05) is 13.0 Å². The highest BCUT2D eigenvalue weighted by atomic mass is 35.5. The SMILES string of the molecule is CCCC(C)(C)CC1CC(c2onc(C(CCC(=O)O)CC(=O)Nc3ccc(Cl)cc3C)c2C2CC2)C1. The number of carboxylic acids is 1. The van der Waals surface area contributed by atoms with E-state index in [1.54, 1.807) is 12.1 Å². The van der Waals surface area contributed by atoms with Crippen molar-refractivity contribution in [2.75, 3.05) is 5.32 Å². The van der Waals surface area contributed by atoms with E-state index in [4.69, 9.17) is 16.1 Å². The summed E-state index contributed by atoms with van der Waals surface area (Å²) >= 11 is 6.05. The molecule has 2 saturated carbocycles. The van der Waals surface area contributed by atoms with E-state index in [-0.39, 0.29) is 24.7 Å². The zero-order valence-corrected chi connectivity index (χ0v) is 23.4. The van der Waals surface area contributed by atoms with Crippen molar-refractivity contribution in [1.82, 2.24) is 5.16 Å². The van der Waals surface area contributed by atoms with Crippen LogP contribution in [0.5, 0.6) is 0 Å². The molecule has 0 radical (unpaired) electrons. The van der Waals surface area contributed by atoms with E-state index in [9.17, 15) is 14.7 Å². The Morgan fingerprint density at radius 3 is 2.59 bits per heavy atom. The summed E-state index contributed by atoms with van der Waals surface area (Å²) in [4.78, 5) is 24.5. The summed E-state index contributed by atoms with van der Waals surface area (Å²) in [6.45, 7) is 8.89. The molecule has 0 aliphatic heterocycles. The first-order chi connectivity index (χ1) is 17.6. The van der Waals surface area contributed by atoms with Gasteiger partial charge >= 0.3 is 5.97 Å². The zero-order valence-electron chi connectivity index (χ0n) is 22.6. The molecule has 202 valence electrons. The summed E-state index contributed by atoms with van der Waals surface area (Å²) in [6.07, 6.45) is 8.65. The molecule has 2 N–H and O–H groups in total. The lowest BCUT2D eigenvalue weighted by molar-refractivity contribution is -0.137. The van der Waals surface area contributed by atoms with Crippen LogP contribution in [0.3, 0.4) is 0 Å². The largest absolute Gasteiger partial charge is 0.481 e. The van der Waals surface area contributed by atoms with Gasteiger partial charge in [0, 0.05) is 41.0 Å². The van der Waals surface area contributed by atoms with Crippen LogP contribution in [0.4, 0.5) is 5.69 Å². The Morgan fingerprint density at radius 2 is 1.97 bits per heavy atom. The average molecular weight is 529 g/mol. The fourth-order valence-electron chi connectivity index (χ4n) is 6.20. The second-order valence-electron chi connectivity index (χ2n) is 12.1. The Kier molecular flexibility index (Phi) is 8.67. The zero-order chi connectivity index (χ0) is 26.7. The van der Waals surface area contributed by atoms with Gasteiger partial charge in [0.25, 0.3) is 0 Å². The van der Waals surface area contributed by atoms with Crippen molar-refractivity contribution in [3.05, 3.63) is 45.8 Å². The fraction of sp³-hybridized carbons (Fsp3) is 0.633. The standard InChI is InChI=1S/C30H41ClN2O4/c1-5-12-30(3,4)17-19-14-22(15-19)29-27(20-6-7-20)28(33-37-29)21(8-11-26(35)36)16-25(34)32-24-10-9-23(31)13-18(24)2/h9-10,13,19-22H,5-8,11-12,14-17H2,1-4H3,(H,32,34)(H,35,36). The highest BCUT2D eigenvalue weighted by Gasteiger charge is 2.42. The molecule has 4 rings (SSSR count). The molecule has 2 aliphatic carbocycles. The first kappa shape index (κ1) is 27.7. The Balaban J connectivity index is 1.49. The van der Waals surface area contributed by atoms with Crippen LogP contribution in [0.1, 0.15) is 125 Å². The van der Waals surface area contributed by atoms with Gasteiger partial charge in [-0.2, -0.15) is 0 Å². The van der Waals surface area contributed by atoms with Crippen molar-refractivity contribution in [1.29, 1.82) is 0 Å². The molecule has 0 spiro atoms.